The molecule has 1 aliphatic heterocycles. The van der Waals surface area contributed by atoms with Gasteiger partial charge in [-0.05, 0) is 37.0 Å². The number of carbonyl (C=O) groups excluding carboxylic acids is 2. The second kappa shape index (κ2) is 5.01. The quantitative estimate of drug-likeness (QED) is 0.798. The summed E-state index contributed by atoms with van der Waals surface area (Å²) in [5.74, 6) is -0.760. The predicted molar refractivity (Wildman–Crippen MR) is 81.1 cm³/mol. The van der Waals surface area contributed by atoms with Crippen LogP contribution < -0.4 is 0 Å². The molecule has 0 aromatic heterocycles. The normalized spacial score (nSPS) is 36.7. The van der Waals surface area contributed by atoms with E-state index in [1.54, 1.807) is 17.0 Å². The monoisotopic (exact) mass is 335 g/mol. The molecule has 1 aromatic carbocycles. The molecule has 0 radical (unpaired) electrons. The minimum atomic E-state index is -1.11. The summed E-state index contributed by atoms with van der Waals surface area (Å²) in [6.07, 6.45) is 0.524. The maximum absolute atomic E-state index is 14.0. The van der Waals surface area contributed by atoms with Gasteiger partial charge in [0.15, 0.2) is 0 Å². The van der Waals surface area contributed by atoms with Crippen LogP contribution in [0.5, 0.6) is 0 Å². The molecule has 1 amide bonds. The number of halogens is 2. The van der Waals surface area contributed by atoms with Crippen LogP contribution in [-0.4, -0.2) is 36.6 Å². The first-order valence-electron chi connectivity index (χ1n) is 8.18. The van der Waals surface area contributed by atoms with Crippen molar-refractivity contribution in [1.82, 2.24) is 4.90 Å². The molecule has 2 atom stereocenters. The topological polar surface area (TPSA) is 46.6 Å². The third-order valence-corrected chi connectivity index (χ3v) is 5.85. The van der Waals surface area contributed by atoms with Gasteiger partial charge in [-0.3, -0.25) is 9.59 Å². The number of methoxy groups -OCH3 is 1. The molecule has 0 N–H and O–H groups in total. The largest absolute Gasteiger partial charge is 0.469 e. The Morgan fingerprint density at radius 1 is 1.25 bits per heavy atom. The Morgan fingerprint density at radius 3 is 2.58 bits per heavy atom. The molecular formula is C18H19F2NO3. The van der Waals surface area contributed by atoms with E-state index >= 15 is 0 Å². The van der Waals surface area contributed by atoms with E-state index in [0.717, 1.165) is 0 Å². The molecule has 1 saturated heterocycles. The van der Waals surface area contributed by atoms with Crippen molar-refractivity contribution in [1.29, 1.82) is 0 Å². The number of esters is 1. The Labute approximate surface area is 138 Å². The van der Waals surface area contributed by atoms with Gasteiger partial charge in [0.1, 0.15) is 12.0 Å². The molecule has 0 spiro atoms. The number of benzene rings is 1. The van der Waals surface area contributed by atoms with Gasteiger partial charge in [0.2, 0.25) is 5.91 Å². The fraction of sp³-hybridized carbons (Fsp3) is 0.556. The lowest BCUT2D eigenvalue weighted by atomic mass is 9.34. The molecule has 6 heteroatoms. The number of likely N-dealkylation sites (tertiary alicyclic amines) is 1. The SMILES string of the molecule is COC(=O)C12CC(C(=O)N3CC(F)CC3c3cccc(F)c3)(C1)C2. The Balaban J connectivity index is 1.53. The lowest BCUT2D eigenvalue weighted by Crippen LogP contribution is -2.71. The van der Waals surface area contributed by atoms with Crippen molar-refractivity contribution >= 4 is 11.9 Å². The summed E-state index contributed by atoms with van der Waals surface area (Å²) >= 11 is 0. The molecule has 3 saturated carbocycles. The van der Waals surface area contributed by atoms with E-state index in [1.807, 2.05) is 0 Å². The highest BCUT2D eigenvalue weighted by Crippen LogP contribution is 2.74. The Bertz CT molecular complexity index is 700. The molecule has 3 aliphatic carbocycles. The summed E-state index contributed by atoms with van der Waals surface area (Å²) in [6.45, 7) is 0.0347. The highest BCUT2D eigenvalue weighted by molar-refractivity contribution is 5.94. The smallest absolute Gasteiger partial charge is 0.311 e. The van der Waals surface area contributed by atoms with Gasteiger partial charge in [0.25, 0.3) is 0 Å². The highest BCUT2D eigenvalue weighted by atomic mass is 19.1. The molecule has 2 unspecified atom stereocenters. The third kappa shape index (κ3) is 2.01. The third-order valence-electron chi connectivity index (χ3n) is 5.85. The van der Waals surface area contributed by atoms with Gasteiger partial charge in [-0.15, -0.1) is 0 Å². The van der Waals surface area contributed by atoms with Gasteiger partial charge >= 0.3 is 5.97 Å². The van der Waals surface area contributed by atoms with Crippen molar-refractivity contribution in [2.24, 2.45) is 10.8 Å². The summed E-state index contributed by atoms with van der Waals surface area (Å²) < 4.78 is 32.3. The van der Waals surface area contributed by atoms with Crippen LogP contribution >= 0.6 is 0 Å². The van der Waals surface area contributed by atoms with Crippen LogP contribution in [0.25, 0.3) is 0 Å². The first kappa shape index (κ1) is 15.5. The van der Waals surface area contributed by atoms with E-state index in [-0.39, 0.29) is 24.8 Å². The van der Waals surface area contributed by atoms with E-state index in [4.69, 9.17) is 4.74 Å². The number of amides is 1. The van der Waals surface area contributed by atoms with Crippen LogP contribution in [0, 0.1) is 16.6 Å². The first-order valence-corrected chi connectivity index (χ1v) is 8.18. The summed E-state index contributed by atoms with van der Waals surface area (Å²) in [4.78, 5) is 26.3. The molecule has 24 heavy (non-hydrogen) atoms. The minimum Gasteiger partial charge on any atom is -0.469 e. The highest BCUT2D eigenvalue weighted by Gasteiger charge is 2.76. The fourth-order valence-electron chi connectivity index (χ4n) is 4.79. The molecule has 128 valence electrons. The lowest BCUT2D eigenvalue weighted by Gasteiger charge is -2.67. The van der Waals surface area contributed by atoms with Crippen molar-refractivity contribution < 1.29 is 23.1 Å². The maximum Gasteiger partial charge on any atom is 0.311 e. The summed E-state index contributed by atoms with van der Waals surface area (Å²) in [5, 5.41) is 0. The number of alkyl halides is 1. The van der Waals surface area contributed by atoms with E-state index in [1.165, 1.54) is 19.2 Å². The average molecular weight is 335 g/mol. The van der Waals surface area contributed by atoms with Crippen LogP contribution in [0.3, 0.4) is 0 Å². The van der Waals surface area contributed by atoms with Gasteiger partial charge < -0.3 is 9.64 Å². The van der Waals surface area contributed by atoms with Crippen LogP contribution in [0.1, 0.15) is 37.3 Å². The number of rotatable bonds is 3. The van der Waals surface area contributed by atoms with Gasteiger partial charge in [0, 0.05) is 6.42 Å². The fourth-order valence-corrected chi connectivity index (χ4v) is 4.79. The van der Waals surface area contributed by atoms with Crippen molar-refractivity contribution in [3.8, 4) is 0 Å². The van der Waals surface area contributed by atoms with Crippen molar-refractivity contribution in [3.05, 3.63) is 35.6 Å². The van der Waals surface area contributed by atoms with E-state index in [0.29, 0.717) is 24.8 Å². The second-order valence-electron chi connectivity index (χ2n) is 7.44. The number of hydrogen-bond donors (Lipinski definition) is 0. The van der Waals surface area contributed by atoms with Crippen molar-refractivity contribution in [3.63, 3.8) is 0 Å². The second-order valence-corrected chi connectivity index (χ2v) is 7.44. The predicted octanol–water partition coefficient (Wildman–Crippen LogP) is 2.78. The molecule has 5 rings (SSSR count). The van der Waals surface area contributed by atoms with Crippen LogP contribution in [0.4, 0.5) is 8.78 Å². The number of carbonyl (C=O) groups is 2. The molecule has 4 nitrogen and oxygen atoms in total. The van der Waals surface area contributed by atoms with E-state index in [2.05, 4.69) is 0 Å². The summed E-state index contributed by atoms with van der Waals surface area (Å²) in [5.41, 5.74) is -0.435. The zero-order valence-electron chi connectivity index (χ0n) is 13.4. The summed E-state index contributed by atoms with van der Waals surface area (Å²) in [7, 11) is 1.35. The number of hydrogen-bond acceptors (Lipinski definition) is 3. The summed E-state index contributed by atoms with van der Waals surface area (Å²) in [6, 6.07) is 5.56. The Morgan fingerprint density at radius 2 is 1.96 bits per heavy atom. The maximum atomic E-state index is 14.0. The molecule has 1 aromatic rings. The zero-order chi connectivity index (χ0) is 17.1. The standard InChI is InChI=1S/C18H19F2NO3/c1-24-16(23)18-8-17(9-18,10-18)15(22)21-7-13(20)6-14(21)11-3-2-4-12(19)5-11/h2-5,13-14H,6-10H2,1H3. The van der Waals surface area contributed by atoms with Crippen molar-refractivity contribution in [2.45, 2.75) is 37.9 Å². The van der Waals surface area contributed by atoms with Gasteiger partial charge in [-0.1, -0.05) is 12.1 Å². The molecule has 4 aliphatic rings. The van der Waals surface area contributed by atoms with E-state index in [9.17, 15) is 18.4 Å². The Hall–Kier alpha value is -1.98. The van der Waals surface area contributed by atoms with Gasteiger partial charge in [-0.25, -0.2) is 8.78 Å². The molecule has 1 heterocycles. The van der Waals surface area contributed by atoms with Gasteiger partial charge in [0.05, 0.1) is 30.5 Å². The first-order chi connectivity index (χ1) is 11.4. The van der Waals surface area contributed by atoms with Gasteiger partial charge in [-0.2, -0.15) is 0 Å². The molecular weight excluding hydrogens is 316 g/mol. The molecule has 2 bridgehead atoms. The van der Waals surface area contributed by atoms with Crippen LogP contribution in [0.15, 0.2) is 24.3 Å². The zero-order valence-corrected chi connectivity index (χ0v) is 13.4. The van der Waals surface area contributed by atoms with Crippen LogP contribution in [0.2, 0.25) is 0 Å². The number of nitrogens with zero attached hydrogens (tertiary/aromatic N) is 1. The number of ether oxygens (including phenoxy) is 1. The lowest BCUT2D eigenvalue weighted by molar-refractivity contribution is -0.228. The Kier molecular flexibility index (Phi) is 3.24. The average Bonchev–Trinajstić information content (AvgIpc) is 2.86. The van der Waals surface area contributed by atoms with Crippen LogP contribution in [-0.2, 0) is 14.3 Å². The minimum absolute atomic E-state index is 0.0347. The van der Waals surface area contributed by atoms with Crippen molar-refractivity contribution in [2.75, 3.05) is 13.7 Å². The molecule has 4 fully saturated rings. The van der Waals surface area contributed by atoms with E-state index < -0.39 is 28.9 Å².